The zero-order valence-electron chi connectivity index (χ0n) is 9.64. The van der Waals surface area contributed by atoms with E-state index in [1.54, 1.807) is 18.2 Å². The third-order valence-electron chi connectivity index (χ3n) is 2.36. The van der Waals surface area contributed by atoms with Gasteiger partial charge in [-0.05, 0) is 29.8 Å². The molecule has 1 aromatic heterocycles. The summed E-state index contributed by atoms with van der Waals surface area (Å²) in [6.45, 7) is 0. The Morgan fingerprint density at radius 2 is 2.16 bits per heavy atom. The minimum atomic E-state index is -1.08. The van der Waals surface area contributed by atoms with Gasteiger partial charge in [-0.3, -0.25) is 0 Å². The van der Waals surface area contributed by atoms with E-state index >= 15 is 0 Å². The number of aromatic nitrogens is 1. The molecule has 1 heterocycles. The van der Waals surface area contributed by atoms with Crippen LogP contribution in [0.5, 0.6) is 0 Å². The van der Waals surface area contributed by atoms with Crippen molar-refractivity contribution < 1.29 is 14.3 Å². The summed E-state index contributed by atoms with van der Waals surface area (Å²) < 4.78 is 13.6. The lowest BCUT2D eigenvalue weighted by molar-refractivity contribution is 0.0690. The zero-order valence-corrected chi connectivity index (χ0v) is 11.2. The molecule has 1 N–H and O–H groups in total. The first-order valence-electron chi connectivity index (χ1n) is 5.32. The van der Waals surface area contributed by atoms with Gasteiger partial charge >= 0.3 is 5.97 Å². The van der Waals surface area contributed by atoms with E-state index in [1.165, 1.54) is 30.1 Å². The highest BCUT2D eigenvalue weighted by molar-refractivity contribution is 7.98. The Kier molecular flexibility index (Phi) is 4.39. The molecule has 0 aliphatic carbocycles. The van der Waals surface area contributed by atoms with Gasteiger partial charge in [-0.25, -0.2) is 14.2 Å². The lowest BCUT2D eigenvalue weighted by Crippen LogP contribution is -1.99. The lowest BCUT2D eigenvalue weighted by Gasteiger charge is -2.04. The molecule has 0 spiro atoms. The Balaban J connectivity index is 2.10. The van der Waals surface area contributed by atoms with Crippen LogP contribution in [-0.4, -0.2) is 16.1 Å². The van der Waals surface area contributed by atoms with Gasteiger partial charge in [-0.2, -0.15) is 0 Å². The minimum absolute atomic E-state index is 0.0263. The summed E-state index contributed by atoms with van der Waals surface area (Å²) in [6, 6.07) is 7.64. The summed E-state index contributed by atoms with van der Waals surface area (Å²) in [4.78, 5) is 15.2. The van der Waals surface area contributed by atoms with E-state index < -0.39 is 5.97 Å². The van der Waals surface area contributed by atoms with Crippen molar-refractivity contribution in [3.63, 3.8) is 0 Å². The molecule has 0 aliphatic rings. The van der Waals surface area contributed by atoms with E-state index in [0.29, 0.717) is 16.3 Å². The lowest BCUT2D eigenvalue weighted by atomic mass is 10.2. The van der Waals surface area contributed by atoms with E-state index in [2.05, 4.69) is 4.98 Å². The molecule has 2 aromatic rings. The van der Waals surface area contributed by atoms with Crippen molar-refractivity contribution in [3.05, 3.63) is 58.6 Å². The number of nitrogens with zero attached hydrogens (tertiary/aromatic N) is 1. The second kappa shape index (κ2) is 6.04. The summed E-state index contributed by atoms with van der Waals surface area (Å²) in [5.74, 6) is -1.06. The van der Waals surface area contributed by atoms with Gasteiger partial charge < -0.3 is 5.11 Å². The third-order valence-corrected chi connectivity index (χ3v) is 3.64. The summed E-state index contributed by atoms with van der Waals surface area (Å²) in [5.41, 5.74) is 0.490. The van der Waals surface area contributed by atoms with E-state index in [0.717, 1.165) is 4.90 Å². The number of pyridine rings is 1. The summed E-state index contributed by atoms with van der Waals surface area (Å²) >= 11 is 7.01. The maximum absolute atomic E-state index is 13.6. The second-order valence-corrected chi connectivity index (χ2v) is 5.19. The van der Waals surface area contributed by atoms with Crippen molar-refractivity contribution in [3.8, 4) is 0 Å². The van der Waals surface area contributed by atoms with Gasteiger partial charge in [0.25, 0.3) is 0 Å². The molecule has 0 saturated heterocycles. The van der Waals surface area contributed by atoms with E-state index in [4.69, 9.17) is 16.7 Å². The average molecular weight is 298 g/mol. The summed E-state index contributed by atoms with van der Waals surface area (Å²) in [5, 5.41) is 9.17. The number of halogens is 2. The molecule has 2 rings (SSSR count). The van der Waals surface area contributed by atoms with Crippen molar-refractivity contribution in [2.45, 2.75) is 10.6 Å². The van der Waals surface area contributed by atoms with Crippen molar-refractivity contribution in [2.24, 2.45) is 0 Å². The second-order valence-electron chi connectivity index (χ2n) is 3.71. The van der Waals surface area contributed by atoms with E-state index in [9.17, 15) is 9.18 Å². The van der Waals surface area contributed by atoms with Gasteiger partial charge in [0.05, 0.1) is 0 Å². The quantitative estimate of drug-likeness (QED) is 0.871. The predicted octanol–water partition coefficient (Wildman–Crippen LogP) is 3.86. The van der Waals surface area contributed by atoms with Crippen molar-refractivity contribution in [1.82, 2.24) is 4.98 Å². The van der Waals surface area contributed by atoms with Gasteiger partial charge in [0.15, 0.2) is 0 Å². The molecule has 0 bridgehead atoms. The molecule has 0 unspecified atom stereocenters. The smallest absolute Gasteiger partial charge is 0.354 e. The van der Waals surface area contributed by atoms with Gasteiger partial charge in [0.1, 0.15) is 11.5 Å². The predicted molar refractivity (Wildman–Crippen MR) is 72.2 cm³/mol. The molecule has 0 fully saturated rings. The minimum Gasteiger partial charge on any atom is -0.477 e. The third kappa shape index (κ3) is 3.68. The standard InChI is InChI=1S/C13H9ClFNO2S/c14-9-2-1-8(11(15)5-9)7-19-10-3-4-16-12(6-10)13(17)18/h1-6H,7H2,(H,17,18). The van der Waals surface area contributed by atoms with Gasteiger partial charge in [-0.15, -0.1) is 11.8 Å². The zero-order chi connectivity index (χ0) is 13.8. The summed E-state index contributed by atoms with van der Waals surface area (Å²) in [6.07, 6.45) is 1.42. The molecule has 1 aromatic carbocycles. The molecular weight excluding hydrogens is 289 g/mol. The highest BCUT2D eigenvalue weighted by Crippen LogP contribution is 2.25. The molecule has 98 valence electrons. The number of thioether (sulfide) groups is 1. The SMILES string of the molecule is O=C(O)c1cc(SCc2ccc(Cl)cc2F)ccn1. The molecule has 0 radical (unpaired) electrons. The van der Waals surface area contributed by atoms with Crippen molar-refractivity contribution in [1.29, 1.82) is 0 Å². The largest absolute Gasteiger partial charge is 0.477 e. The van der Waals surface area contributed by atoms with Crippen LogP contribution < -0.4 is 0 Å². The first-order valence-corrected chi connectivity index (χ1v) is 6.68. The Labute approximate surface area is 118 Å². The van der Waals surface area contributed by atoms with E-state index in [-0.39, 0.29) is 11.5 Å². The maximum atomic E-state index is 13.6. The van der Waals surface area contributed by atoms with Crippen LogP contribution in [-0.2, 0) is 5.75 Å². The number of benzene rings is 1. The molecule has 0 atom stereocenters. The maximum Gasteiger partial charge on any atom is 0.354 e. The fourth-order valence-corrected chi connectivity index (χ4v) is 2.48. The van der Waals surface area contributed by atoms with Crippen LogP contribution >= 0.6 is 23.4 Å². The van der Waals surface area contributed by atoms with E-state index in [1.807, 2.05) is 0 Å². The first-order chi connectivity index (χ1) is 9.06. The van der Waals surface area contributed by atoms with Crippen LogP contribution in [0, 0.1) is 5.82 Å². The highest BCUT2D eigenvalue weighted by atomic mass is 35.5. The normalized spacial score (nSPS) is 10.4. The Morgan fingerprint density at radius 1 is 1.37 bits per heavy atom. The molecular formula is C13H9ClFNO2S. The van der Waals surface area contributed by atoms with Crippen LogP contribution in [0.15, 0.2) is 41.4 Å². The summed E-state index contributed by atoms with van der Waals surface area (Å²) in [7, 11) is 0. The number of hydrogen-bond acceptors (Lipinski definition) is 3. The highest BCUT2D eigenvalue weighted by Gasteiger charge is 2.07. The van der Waals surface area contributed by atoms with Crippen LogP contribution in [0.2, 0.25) is 5.02 Å². The van der Waals surface area contributed by atoms with Crippen molar-refractivity contribution >= 4 is 29.3 Å². The van der Waals surface area contributed by atoms with Crippen LogP contribution in [0.3, 0.4) is 0 Å². The number of aromatic carboxylic acids is 1. The number of carbonyl (C=O) groups is 1. The molecule has 3 nitrogen and oxygen atoms in total. The topological polar surface area (TPSA) is 50.2 Å². The van der Waals surface area contributed by atoms with Crippen LogP contribution in [0.4, 0.5) is 4.39 Å². The number of carboxylic acid groups (broad SMARTS) is 1. The number of rotatable bonds is 4. The fraction of sp³-hybridized carbons (Fsp3) is 0.0769. The average Bonchev–Trinajstić information content (AvgIpc) is 2.38. The number of carboxylic acids is 1. The Bertz CT molecular complexity index is 621. The number of hydrogen-bond donors (Lipinski definition) is 1. The first kappa shape index (κ1) is 13.8. The Hall–Kier alpha value is -1.59. The van der Waals surface area contributed by atoms with Crippen LogP contribution in [0.1, 0.15) is 16.1 Å². The monoisotopic (exact) mass is 297 g/mol. The van der Waals surface area contributed by atoms with Gasteiger partial charge in [0.2, 0.25) is 0 Å². The molecule has 0 aliphatic heterocycles. The van der Waals surface area contributed by atoms with Gasteiger partial charge in [-0.1, -0.05) is 17.7 Å². The van der Waals surface area contributed by atoms with Crippen LogP contribution in [0.25, 0.3) is 0 Å². The van der Waals surface area contributed by atoms with Crippen molar-refractivity contribution in [2.75, 3.05) is 0 Å². The molecule has 0 saturated carbocycles. The molecule has 19 heavy (non-hydrogen) atoms. The molecule has 0 amide bonds. The Morgan fingerprint density at radius 3 is 2.84 bits per heavy atom. The fourth-order valence-electron chi connectivity index (χ4n) is 1.42. The van der Waals surface area contributed by atoms with Gasteiger partial charge in [0, 0.05) is 21.9 Å². The molecule has 6 heteroatoms.